The lowest BCUT2D eigenvalue weighted by Crippen LogP contribution is -2.32. The van der Waals surface area contributed by atoms with Crippen LogP contribution in [0.4, 0.5) is 22.7 Å². The number of nitrogens with zero attached hydrogens (tertiary/aromatic N) is 2. The first-order valence-electron chi connectivity index (χ1n) is 18.5. The van der Waals surface area contributed by atoms with E-state index in [2.05, 4.69) is 178 Å². The molecule has 0 radical (unpaired) electrons. The number of anilines is 4. The first-order valence-corrected chi connectivity index (χ1v) is 18.5. The van der Waals surface area contributed by atoms with Crippen molar-refractivity contribution in [1.29, 1.82) is 0 Å². The number of benzene rings is 4. The Morgan fingerprint density at radius 3 is 1.66 bits per heavy atom. The Balaban J connectivity index is 1.34. The van der Waals surface area contributed by atoms with Crippen LogP contribution in [0.15, 0.2) is 157 Å². The number of allylic oxidation sites excluding steroid dienone is 5. The average Bonchev–Trinajstić information content (AvgIpc) is 3.14. The summed E-state index contributed by atoms with van der Waals surface area (Å²) >= 11 is 0. The Hall–Kier alpha value is -4.82. The van der Waals surface area contributed by atoms with Crippen LogP contribution in [0.2, 0.25) is 0 Å². The van der Waals surface area contributed by atoms with Gasteiger partial charge in [0.2, 0.25) is 0 Å². The van der Waals surface area contributed by atoms with Crippen LogP contribution in [0.3, 0.4) is 0 Å². The maximum Gasteiger partial charge on any atom is 0.0560 e. The largest absolute Gasteiger partial charge is 0.337 e. The van der Waals surface area contributed by atoms with Gasteiger partial charge in [0.25, 0.3) is 0 Å². The fourth-order valence-corrected chi connectivity index (χ4v) is 7.64. The predicted molar refractivity (Wildman–Crippen MR) is 217 cm³/mol. The molecule has 0 bridgehead atoms. The highest BCUT2D eigenvalue weighted by atomic mass is 15.2. The first-order chi connectivity index (χ1) is 24.3. The molecule has 0 N–H and O–H groups in total. The molecule has 1 unspecified atom stereocenters. The van der Waals surface area contributed by atoms with Gasteiger partial charge >= 0.3 is 0 Å². The summed E-state index contributed by atoms with van der Waals surface area (Å²) in [5.74, 6) is 0. The smallest absolute Gasteiger partial charge is 0.0560 e. The van der Waals surface area contributed by atoms with Crippen LogP contribution in [0, 0.1) is 13.8 Å². The van der Waals surface area contributed by atoms with E-state index in [-0.39, 0.29) is 5.41 Å². The molecule has 2 heteroatoms. The normalized spacial score (nSPS) is 17.1. The zero-order chi connectivity index (χ0) is 35.1. The van der Waals surface area contributed by atoms with Gasteiger partial charge in [0.1, 0.15) is 0 Å². The molecule has 4 aromatic carbocycles. The molecule has 50 heavy (non-hydrogen) atoms. The van der Waals surface area contributed by atoms with E-state index in [1.807, 2.05) is 6.08 Å². The summed E-state index contributed by atoms with van der Waals surface area (Å²) in [6, 6.07) is 37.2. The molecule has 0 saturated heterocycles. The van der Waals surface area contributed by atoms with Crippen molar-refractivity contribution in [3.63, 3.8) is 0 Å². The van der Waals surface area contributed by atoms with Crippen molar-refractivity contribution in [3.8, 4) is 0 Å². The number of hydrogen-bond acceptors (Lipinski definition) is 2. The molecule has 2 aliphatic carbocycles. The molecule has 1 fully saturated rings. The van der Waals surface area contributed by atoms with E-state index < -0.39 is 0 Å². The molecule has 2 nitrogen and oxygen atoms in total. The summed E-state index contributed by atoms with van der Waals surface area (Å²) < 4.78 is 0. The summed E-state index contributed by atoms with van der Waals surface area (Å²) in [7, 11) is 0. The van der Waals surface area contributed by atoms with Crippen molar-refractivity contribution >= 4 is 22.7 Å². The van der Waals surface area contributed by atoms with Gasteiger partial charge in [-0.1, -0.05) is 133 Å². The first kappa shape index (κ1) is 35.0. The topological polar surface area (TPSA) is 6.48 Å². The van der Waals surface area contributed by atoms with E-state index in [4.69, 9.17) is 0 Å². The van der Waals surface area contributed by atoms with Gasteiger partial charge in [-0.2, -0.15) is 0 Å². The van der Waals surface area contributed by atoms with Crippen molar-refractivity contribution in [2.45, 2.75) is 84.6 Å². The van der Waals surface area contributed by atoms with E-state index in [1.54, 1.807) is 0 Å². The Labute approximate surface area is 301 Å². The highest BCUT2D eigenvalue weighted by molar-refractivity contribution is 5.68. The van der Waals surface area contributed by atoms with Gasteiger partial charge in [-0.3, -0.25) is 0 Å². The third-order valence-electron chi connectivity index (χ3n) is 10.6. The van der Waals surface area contributed by atoms with Gasteiger partial charge in [-0.15, -0.1) is 0 Å². The minimum Gasteiger partial charge on any atom is -0.337 e. The Morgan fingerprint density at radius 2 is 1.18 bits per heavy atom. The molecule has 256 valence electrons. The van der Waals surface area contributed by atoms with Gasteiger partial charge in [0.15, 0.2) is 0 Å². The molecule has 0 amide bonds. The molecule has 0 spiro atoms. The number of rotatable bonds is 11. The van der Waals surface area contributed by atoms with Crippen molar-refractivity contribution in [1.82, 2.24) is 0 Å². The molecule has 6 rings (SSSR count). The summed E-state index contributed by atoms with van der Waals surface area (Å²) in [5, 5.41) is 0. The van der Waals surface area contributed by atoms with Crippen LogP contribution in [0.5, 0.6) is 0 Å². The summed E-state index contributed by atoms with van der Waals surface area (Å²) in [5.41, 5.74) is 14.1. The molecule has 4 aromatic rings. The van der Waals surface area contributed by atoms with Gasteiger partial charge < -0.3 is 9.80 Å². The highest BCUT2D eigenvalue weighted by Crippen LogP contribution is 2.46. The average molecular weight is 659 g/mol. The molecular formula is C48H54N2. The second-order valence-electron chi connectivity index (χ2n) is 14.7. The van der Waals surface area contributed by atoms with E-state index in [1.165, 1.54) is 93.8 Å². The zero-order valence-corrected chi connectivity index (χ0v) is 30.8. The Kier molecular flexibility index (Phi) is 11.1. The van der Waals surface area contributed by atoms with Crippen LogP contribution in [-0.2, 0) is 5.41 Å². The Morgan fingerprint density at radius 1 is 0.680 bits per heavy atom. The van der Waals surface area contributed by atoms with Crippen molar-refractivity contribution in [2.24, 2.45) is 0 Å². The zero-order valence-electron chi connectivity index (χ0n) is 30.8. The minimum atomic E-state index is 0.0128. The van der Waals surface area contributed by atoms with Crippen LogP contribution in [0.25, 0.3) is 0 Å². The summed E-state index contributed by atoms with van der Waals surface area (Å²) in [6.07, 6.45) is 20.5. The minimum absolute atomic E-state index is 0.0128. The predicted octanol–water partition coefficient (Wildman–Crippen LogP) is 13.2. The molecule has 1 saturated carbocycles. The van der Waals surface area contributed by atoms with Gasteiger partial charge in [-0.05, 0) is 119 Å². The van der Waals surface area contributed by atoms with Crippen molar-refractivity contribution in [3.05, 3.63) is 179 Å². The third-order valence-corrected chi connectivity index (χ3v) is 10.6. The monoisotopic (exact) mass is 658 g/mol. The van der Waals surface area contributed by atoms with Crippen LogP contribution < -0.4 is 9.80 Å². The molecule has 0 aromatic heterocycles. The fourth-order valence-electron chi connectivity index (χ4n) is 7.64. The SMILES string of the molecule is C=C/C(=C\C=C(C)C)CN(c1ccc(C)cc1)c1ccc(C2(c3ccc(N(c4ccc(C)cc4)C4C=CC(C)=CC4)cc3)CCCCC2)cc1. The van der Waals surface area contributed by atoms with Crippen molar-refractivity contribution < 1.29 is 0 Å². The van der Waals surface area contributed by atoms with E-state index in [0.717, 1.165) is 13.0 Å². The molecular weight excluding hydrogens is 605 g/mol. The number of aryl methyl sites for hydroxylation is 2. The van der Waals surface area contributed by atoms with E-state index >= 15 is 0 Å². The highest BCUT2D eigenvalue weighted by Gasteiger charge is 2.36. The van der Waals surface area contributed by atoms with Crippen LogP contribution in [0.1, 0.15) is 81.5 Å². The van der Waals surface area contributed by atoms with E-state index in [0.29, 0.717) is 6.04 Å². The molecule has 0 aliphatic heterocycles. The summed E-state index contributed by atoms with van der Waals surface area (Å²) in [4.78, 5) is 4.92. The lowest BCUT2D eigenvalue weighted by molar-refractivity contribution is 0.346. The molecule has 2 aliphatic rings. The maximum absolute atomic E-state index is 4.15. The molecule has 0 heterocycles. The van der Waals surface area contributed by atoms with Gasteiger partial charge in [0, 0.05) is 34.7 Å². The molecule has 1 atom stereocenters. The van der Waals surface area contributed by atoms with Crippen molar-refractivity contribution in [2.75, 3.05) is 16.3 Å². The van der Waals surface area contributed by atoms with Gasteiger partial charge in [0.05, 0.1) is 6.04 Å². The second kappa shape index (κ2) is 15.8. The van der Waals surface area contributed by atoms with E-state index in [9.17, 15) is 0 Å². The number of hydrogen-bond donors (Lipinski definition) is 0. The Bertz CT molecular complexity index is 1860. The summed E-state index contributed by atoms with van der Waals surface area (Å²) in [6.45, 7) is 15.7. The standard InChI is InChI=1S/C48H54N2/c1-7-40(18-11-36(2)3)35-49(43-23-12-37(4)13-24-43)44-29-19-41(20-30-44)48(33-9-8-10-34-48)42-21-31-47(32-22-42)50(45-25-14-38(5)15-26-45)46-27-16-39(6)17-28-46/h7,11-27,29-32,46H,1,8-10,28,33-35H2,2-6H3/b40-18+. The second-order valence-corrected chi connectivity index (χ2v) is 14.7. The van der Waals surface area contributed by atoms with Gasteiger partial charge in [-0.25, -0.2) is 0 Å². The lowest BCUT2D eigenvalue weighted by atomic mass is 9.65. The quantitative estimate of drug-likeness (QED) is 0.148. The fraction of sp³-hybridized carbons (Fsp3) is 0.292. The maximum atomic E-state index is 4.15. The third kappa shape index (κ3) is 7.97. The van der Waals surface area contributed by atoms with Crippen LogP contribution in [-0.4, -0.2) is 12.6 Å². The lowest BCUT2D eigenvalue weighted by Gasteiger charge is -2.39. The van der Waals surface area contributed by atoms with Crippen LogP contribution >= 0.6 is 0 Å².